The first-order valence-electron chi connectivity index (χ1n) is 13.3. The molecular weight excluding hydrogens is 450 g/mol. The Balaban J connectivity index is 1.28. The Hall–Kier alpha value is -2.07. The van der Waals surface area contributed by atoms with Gasteiger partial charge >= 0.3 is 18.1 Å². The van der Waals surface area contributed by atoms with Gasteiger partial charge in [0.1, 0.15) is 5.60 Å². The Morgan fingerprint density at radius 3 is 2.06 bits per heavy atom. The molecule has 3 fully saturated rings. The number of piperidine rings is 2. The Kier molecular flexibility index (Phi) is 10.0. The molecule has 200 valence electrons. The van der Waals surface area contributed by atoms with Crippen molar-refractivity contribution < 1.29 is 23.9 Å². The van der Waals surface area contributed by atoms with Crippen LogP contribution in [0.5, 0.6) is 0 Å². The maximum Gasteiger partial charge on any atom is 0.410 e. The molecule has 3 saturated heterocycles. The van der Waals surface area contributed by atoms with Crippen LogP contribution >= 0.6 is 0 Å². The van der Waals surface area contributed by atoms with E-state index in [-0.39, 0.29) is 24.0 Å². The van der Waals surface area contributed by atoms with Crippen molar-refractivity contribution in [2.45, 2.75) is 65.0 Å². The zero-order valence-corrected chi connectivity index (χ0v) is 22.1. The van der Waals surface area contributed by atoms with Crippen LogP contribution in [0.4, 0.5) is 9.59 Å². The predicted octanol–water partition coefficient (Wildman–Crippen LogP) is 1.99. The van der Waals surface area contributed by atoms with Gasteiger partial charge in [-0.2, -0.15) is 0 Å². The van der Waals surface area contributed by atoms with Crippen LogP contribution in [0, 0.1) is 5.92 Å². The SMILES string of the molecule is CCOC(=O)C1CCN(CCNC(=O)N2CCN(C3CCN(C(=O)OC(C)(C)C)CC3)CC2)CC1. The van der Waals surface area contributed by atoms with Crippen molar-refractivity contribution >= 4 is 18.1 Å². The zero-order chi connectivity index (χ0) is 25.4. The van der Waals surface area contributed by atoms with Crippen molar-refractivity contribution in [1.82, 2.24) is 24.9 Å². The highest BCUT2D eigenvalue weighted by molar-refractivity contribution is 5.74. The van der Waals surface area contributed by atoms with Crippen molar-refractivity contribution in [2.24, 2.45) is 5.92 Å². The summed E-state index contributed by atoms with van der Waals surface area (Å²) in [5.41, 5.74) is -0.466. The van der Waals surface area contributed by atoms with Gasteiger partial charge in [-0.25, -0.2) is 9.59 Å². The Labute approximate surface area is 210 Å². The lowest BCUT2D eigenvalue weighted by Crippen LogP contribution is -2.56. The lowest BCUT2D eigenvalue weighted by Gasteiger charge is -2.42. The number of esters is 1. The number of carbonyl (C=O) groups excluding carboxylic acids is 3. The summed E-state index contributed by atoms with van der Waals surface area (Å²) >= 11 is 0. The number of piperazine rings is 1. The van der Waals surface area contributed by atoms with Crippen LogP contribution in [0.2, 0.25) is 0 Å². The molecule has 10 heteroatoms. The second kappa shape index (κ2) is 12.8. The molecule has 0 aliphatic carbocycles. The minimum absolute atomic E-state index is 0.00537. The molecule has 3 rings (SSSR count). The number of carbonyl (C=O) groups is 3. The van der Waals surface area contributed by atoms with Gasteiger partial charge in [0.15, 0.2) is 0 Å². The van der Waals surface area contributed by atoms with Crippen molar-refractivity contribution in [3.05, 3.63) is 0 Å². The van der Waals surface area contributed by atoms with Crippen molar-refractivity contribution in [3.63, 3.8) is 0 Å². The fraction of sp³-hybridized carbons (Fsp3) is 0.880. The number of hydrogen-bond acceptors (Lipinski definition) is 7. The number of rotatable bonds is 6. The van der Waals surface area contributed by atoms with Gasteiger partial charge in [0, 0.05) is 58.4 Å². The first-order valence-corrected chi connectivity index (χ1v) is 13.3. The standard InChI is InChI=1S/C25H45N5O5/c1-5-34-22(31)20-6-11-27(12-7-20)15-10-26-23(32)29-18-16-28(17-19-29)21-8-13-30(14-9-21)24(33)35-25(2,3)4/h20-21H,5-19H2,1-4H3,(H,26,32). The predicted molar refractivity (Wildman–Crippen MR) is 133 cm³/mol. The molecule has 3 aliphatic heterocycles. The molecule has 0 aromatic heterocycles. The van der Waals surface area contributed by atoms with Crippen LogP contribution in [0.25, 0.3) is 0 Å². The minimum Gasteiger partial charge on any atom is -0.466 e. The number of hydrogen-bond donors (Lipinski definition) is 1. The van der Waals surface area contributed by atoms with Gasteiger partial charge in [0.25, 0.3) is 0 Å². The lowest BCUT2D eigenvalue weighted by molar-refractivity contribution is -0.149. The quantitative estimate of drug-likeness (QED) is 0.563. The van der Waals surface area contributed by atoms with E-state index in [2.05, 4.69) is 15.1 Å². The molecule has 10 nitrogen and oxygen atoms in total. The number of urea groups is 1. The maximum absolute atomic E-state index is 12.6. The largest absolute Gasteiger partial charge is 0.466 e. The molecule has 3 aliphatic rings. The number of likely N-dealkylation sites (tertiary alicyclic amines) is 2. The van der Waals surface area contributed by atoms with E-state index in [9.17, 15) is 14.4 Å². The van der Waals surface area contributed by atoms with E-state index in [0.29, 0.717) is 19.2 Å². The molecule has 0 aromatic carbocycles. The zero-order valence-electron chi connectivity index (χ0n) is 22.1. The normalized spacial score (nSPS) is 21.6. The molecule has 0 aromatic rings. The fourth-order valence-electron chi connectivity index (χ4n) is 5.12. The summed E-state index contributed by atoms with van der Waals surface area (Å²) in [7, 11) is 0. The van der Waals surface area contributed by atoms with Crippen LogP contribution in [0.1, 0.15) is 53.4 Å². The summed E-state index contributed by atoms with van der Waals surface area (Å²) in [4.78, 5) is 45.3. The van der Waals surface area contributed by atoms with Crippen molar-refractivity contribution in [3.8, 4) is 0 Å². The van der Waals surface area contributed by atoms with E-state index in [1.165, 1.54) is 0 Å². The van der Waals surface area contributed by atoms with Crippen molar-refractivity contribution in [2.75, 3.05) is 72.1 Å². The van der Waals surface area contributed by atoms with Crippen LogP contribution < -0.4 is 5.32 Å². The van der Waals surface area contributed by atoms with Gasteiger partial charge < -0.3 is 29.5 Å². The molecule has 0 bridgehead atoms. The van der Waals surface area contributed by atoms with Gasteiger partial charge in [-0.05, 0) is 66.5 Å². The average Bonchev–Trinajstić information content (AvgIpc) is 2.84. The molecule has 0 radical (unpaired) electrons. The highest BCUT2D eigenvalue weighted by Crippen LogP contribution is 2.21. The lowest BCUT2D eigenvalue weighted by atomic mass is 9.97. The van der Waals surface area contributed by atoms with E-state index in [4.69, 9.17) is 9.47 Å². The van der Waals surface area contributed by atoms with Crippen molar-refractivity contribution in [1.29, 1.82) is 0 Å². The number of nitrogens with one attached hydrogen (secondary N) is 1. The molecule has 3 amide bonds. The topological polar surface area (TPSA) is 94.7 Å². The molecule has 1 N–H and O–H groups in total. The number of amides is 3. The van der Waals surface area contributed by atoms with Gasteiger partial charge in [0.2, 0.25) is 0 Å². The van der Waals surface area contributed by atoms with E-state index in [0.717, 1.165) is 84.6 Å². The van der Waals surface area contributed by atoms with Gasteiger partial charge in [0.05, 0.1) is 12.5 Å². The smallest absolute Gasteiger partial charge is 0.410 e. The molecular formula is C25H45N5O5. The third-order valence-corrected chi connectivity index (χ3v) is 7.15. The third-order valence-electron chi connectivity index (χ3n) is 7.15. The fourth-order valence-corrected chi connectivity index (χ4v) is 5.12. The molecule has 3 heterocycles. The highest BCUT2D eigenvalue weighted by atomic mass is 16.6. The molecule has 0 atom stereocenters. The summed E-state index contributed by atoms with van der Waals surface area (Å²) in [6, 6.07) is 0.460. The third kappa shape index (κ3) is 8.52. The summed E-state index contributed by atoms with van der Waals surface area (Å²) < 4.78 is 10.6. The second-order valence-electron chi connectivity index (χ2n) is 10.8. The monoisotopic (exact) mass is 495 g/mol. The molecule has 35 heavy (non-hydrogen) atoms. The van der Waals surface area contributed by atoms with Crippen LogP contribution in [-0.4, -0.2) is 121 Å². The molecule has 0 spiro atoms. The first kappa shape index (κ1) is 27.5. The van der Waals surface area contributed by atoms with E-state index < -0.39 is 5.60 Å². The van der Waals surface area contributed by atoms with Crippen LogP contribution in [0.15, 0.2) is 0 Å². The van der Waals surface area contributed by atoms with Gasteiger partial charge in [-0.1, -0.05) is 0 Å². The summed E-state index contributed by atoms with van der Waals surface area (Å²) in [5, 5.41) is 3.06. The number of nitrogens with zero attached hydrogens (tertiary/aromatic N) is 4. The second-order valence-corrected chi connectivity index (χ2v) is 10.8. The Morgan fingerprint density at radius 1 is 0.857 bits per heavy atom. The van der Waals surface area contributed by atoms with E-state index >= 15 is 0 Å². The van der Waals surface area contributed by atoms with Crippen LogP contribution in [-0.2, 0) is 14.3 Å². The van der Waals surface area contributed by atoms with Gasteiger partial charge in [-0.15, -0.1) is 0 Å². The molecule has 0 saturated carbocycles. The average molecular weight is 496 g/mol. The summed E-state index contributed by atoms with van der Waals surface area (Å²) in [5.74, 6) is -0.0603. The highest BCUT2D eigenvalue weighted by Gasteiger charge is 2.32. The Bertz CT molecular complexity index is 704. The number of ether oxygens (including phenoxy) is 2. The van der Waals surface area contributed by atoms with Gasteiger partial charge in [-0.3, -0.25) is 9.69 Å². The first-order chi connectivity index (χ1) is 16.7. The summed E-state index contributed by atoms with van der Waals surface area (Å²) in [6.45, 7) is 15.7. The van der Waals surface area contributed by atoms with Crippen LogP contribution in [0.3, 0.4) is 0 Å². The van der Waals surface area contributed by atoms with E-state index in [1.54, 1.807) is 0 Å². The summed E-state index contributed by atoms with van der Waals surface area (Å²) in [6.07, 6.45) is 3.31. The van der Waals surface area contributed by atoms with E-state index in [1.807, 2.05) is 37.5 Å². The molecule has 0 unspecified atom stereocenters. The minimum atomic E-state index is -0.466. The Morgan fingerprint density at radius 2 is 1.49 bits per heavy atom. The maximum atomic E-state index is 12.6.